The molecule has 2 heterocycles. The van der Waals surface area contributed by atoms with Gasteiger partial charge in [-0.3, -0.25) is 18.9 Å². The zero-order chi connectivity index (χ0) is 28.0. The van der Waals surface area contributed by atoms with Crippen LogP contribution in [0, 0.1) is 11.8 Å². The van der Waals surface area contributed by atoms with E-state index < -0.39 is 50.3 Å². The Labute approximate surface area is 219 Å². The first-order valence-electron chi connectivity index (χ1n) is 12.3. The van der Waals surface area contributed by atoms with Crippen LogP contribution in [0.5, 0.6) is 5.75 Å². The summed E-state index contributed by atoms with van der Waals surface area (Å²) in [6.45, 7) is 3.44. The van der Waals surface area contributed by atoms with Crippen molar-refractivity contribution >= 4 is 36.4 Å². The summed E-state index contributed by atoms with van der Waals surface area (Å²) in [5, 5.41) is 19.4. The van der Waals surface area contributed by atoms with Crippen molar-refractivity contribution in [2.24, 2.45) is 11.8 Å². The molecule has 4 atom stereocenters. The molecular formula is C24H35N4O9P. The fourth-order valence-corrected chi connectivity index (χ4v) is 4.78. The number of aromatic nitrogens is 1. The van der Waals surface area contributed by atoms with Crippen molar-refractivity contribution in [3.63, 3.8) is 0 Å². The van der Waals surface area contributed by atoms with Crippen LogP contribution in [0.1, 0.15) is 43.6 Å². The molecule has 1 aromatic heterocycles. The number of hydrogen-bond acceptors (Lipinski definition) is 7. The predicted octanol–water partition coefficient (Wildman–Crippen LogP) is 0.802. The highest BCUT2D eigenvalue weighted by Gasteiger charge is 2.34. The molecule has 38 heavy (non-hydrogen) atoms. The van der Waals surface area contributed by atoms with Crippen molar-refractivity contribution in [3.05, 3.63) is 30.0 Å². The lowest BCUT2D eigenvalue weighted by Gasteiger charge is -2.28. The number of nitrogens with one attached hydrogen (secondary N) is 4. The number of hydrogen-bond donors (Lipinski definition) is 7. The summed E-state index contributed by atoms with van der Waals surface area (Å²) in [6.07, 6.45) is -0.746. The van der Waals surface area contributed by atoms with E-state index in [9.17, 15) is 24.1 Å². The van der Waals surface area contributed by atoms with E-state index >= 15 is 0 Å². The average Bonchev–Trinajstić information content (AvgIpc) is 3.46. The van der Waals surface area contributed by atoms with Gasteiger partial charge < -0.3 is 40.6 Å². The van der Waals surface area contributed by atoms with Crippen molar-refractivity contribution in [1.29, 1.82) is 0 Å². The van der Waals surface area contributed by atoms with Crippen LogP contribution < -0.4 is 20.7 Å². The van der Waals surface area contributed by atoms with E-state index in [2.05, 4.69) is 25.5 Å². The second-order valence-electron chi connectivity index (χ2n) is 9.74. The number of phosphoric ester groups is 1. The first-order valence-corrected chi connectivity index (χ1v) is 13.8. The average molecular weight is 555 g/mol. The SMILES string of the molecule is COc1cccc2[nH]c(C(=O)N[C@@H](CC(C)C)C(=O)N[C@@H](C[C@@H]3CCNC3=O)C(O)COP(=O)(O)O)cc12. The summed E-state index contributed by atoms with van der Waals surface area (Å²) in [6, 6.07) is 4.90. The highest BCUT2D eigenvalue weighted by molar-refractivity contribution is 7.46. The number of amides is 3. The molecule has 3 rings (SSSR count). The molecule has 1 saturated heterocycles. The zero-order valence-corrected chi connectivity index (χ0v) is 22.4. The molecule has 14 heteroatoms. The largest absolute Gasteiger partial charge is 0.496 e. The number of phosphoric acid groups is 1. The quantitative estimate of drug-likeness (QED) is 0.175. The van der Waals surface area contributed by atoms with Gasteiger partial charge in [0.15, 0.2) is 0 Å². The fraction of sp³-hybridized carbons (Fsp3) is 0.542. The molecule has 0 spiro atoms. The van der Waals surface area contributed by atoms with Gasteiger partial charge in [0.1, 0.15) is 17.5 Å². The summed E-state index contributed by atoms with van der Waals surface area (Å²) in [5.74, 6) is -1.30. The number of carbonyl (C=O) groups excluding carboxylic acids is 3. The molecule has 1 unspecified atom stereocenters. The van der Waals surface area contributed by atoms with Gasteiger partial charge in [-0.1, -0.05) is 19.9 Å². The van der Waals surface area contributed by atoms with E-state index in [0.29, 0.717) is 29.6 Å². The smallest absolute Gasteiger partial charge is 0.469 e. The highest BCUT2D eigenvalue weighted by atomic mass is 31.2. The Morgan fingerprint density at radius 1 is 1.24 bits per heavy atom. The van der Waals surface area contributed by atoms with E-state index in [1.165, 1.54) is 7.11 Å². The van der Waals surface area contributed by atoms with Gasteiger partial charge in [0, 0.05) is 23.4 Å². The van der Waals surface area contributed by atoms with E-state index in [1.54, 1.807) is 24.3 Å². The van der Waals surface area contributed by atoms with Crippen LogP contribution in [-0.2, 0) is 18.7 Å². The normalized spacial score (nSPS) is 18.2. The van der Waals surface area contributed by atoms with Crippen LogP contribution >= 0.6 is 7.82 Å². The summed E-state index contributed by atoms with van der Waals surface area (Å²) >= 11 is 0. The number of H-pyrrole nitrogens is 1. The minimum atomic E-state index is -4.87. The summed E-state index contributed by atoms with van der Waals surface area (Å²) in [7, 11) is -3.35. The third-order valence-corrected chi connectivity index (χ3v) is 6.81. The summed E-state index contributed by atoms with van der Waals surface area (Å²) in [4.78, 5) is 59.5. The van der Waals surface area contributed by atoms with Gasteiger partial charge in [0.25, 0.3) is 5.91 Å². The molecule has 13 nitrogen and oxygen atoms in total. The Morgan fingerprint density at radius 2 is 1.97 bits per heavy atom. The number of aromatic amines is 1. The second-order valence-corrected chi connectivity index (χ2v) is 11.0. The lowest BCUT2D eigenvalue weighted by molar-refractivity contribution is -0.127. The highest BCUT2D eigenvalue weighted by Crippen LogP contribution is 2.36. The van der Waals surface area contributed by atoms with Crippen LogP contribution in [0.25, 0.3) is 10.9 Å². The third kappa shape index (κ3) is 8.02. The Kier molecular flexibility index (Phi) is 9.91. The molecule has 1 aliphatic rings. The topological polar surface area (TPSA) is 199 Å². The van der Waals surface area contributed by atoms with E-state index in [-0.39, 0.29) is 30.4 Å². The monoisotopic (exact) mass is 554 g/mol. The maximum atomic E-state index is 13.3. The molecule has 0 aliphatic carbocycles. The minimum Gasteiger partial charge on any atom is -0.496 e. The van der Waals surface area contributed by atoms with Gasteiger partial charge in [0.2, 0.25) is 11.8 Å². The molecule has 0 bridgehead atoms. The maximum Gasteiger partial charge on any atom is 0.469 e. The number of rotatable bonds is 13. The van der Waals surface area contributed by atoms with Crippen molar-refractivity contribution in [2.45, 2.75) is 51.3 Å². The Bertz CT molecular complexity index is 1190. The van der Waals surface area contributed by atoms with E-state index in [4.69, 9.17) is 14.5 Å². The first-order chi connectivity index (χ1) is 17.9. The summed E-state index contributed by atoms with van der Waals surface area (Å²) in [5.41, 5.74) is 0.905. The standard InChI is InChI=1S/C24H35N4O9P/c1-13(2)9-18(28-24(32)19-11-15-16(26-19)5-4-6-21(15)36-3)23(31)27-17(10-14-7-8-25-22(14)30)20(29)12-37-38(33,34)35/h4-6,11,13-14,17-18,20,26,29H,7-10,12H2,1-3H3,(H,25,30)(H,27,31)(H,28,32)(H2,33,34,35)/t14-,17-,18-,20?/m0/s1. The van der Waals surface area contributed by atoms with Crippen molar-refractivity contribution < 1.29 is 43.1 Å². The molecular weight excluding hydrogens is 519 g/mol. The minimum absolute atomic E-state index is 0.0100. The fourth-order valence-electron chi connectivity index (χ4n) is 4.43. The number of aliphatic hydroxyl groups is 1. The van der Waals surface area contributed by atoms with Crippen LogP contribution in [0.3, 0.4) is 0 Å². The van der Waals surface area contributed by atoms with Gasteiger partial charge in [-0.2, -0.15) is 0 Å². The predicted molar refractivity (Wildman–Crippen MR) is 137 cm³/mol. The van der Waals surface area contributed by atoms with Gasteiger partial charge in [-0.25, -0.2) is 4.57 Å². The lowest BCUT2D eigenvalue weighted by atomic mass is 9.94. The van der Waals surface area contributed by atoms with Crippen LogP contribution in [0.15, 0.2) is 24.3 Å². The van der Waals surface area contributed by atoms with Crippen molar-refractivity contribution in [3.8, 4) is 5.75 Å². The second kappa shape index (κ2) is 12.7. The zero-order valence-electron chi connectivity index (χ0n) is 21.5. The molecule has 1 aliphatic heterocycles. The summed E-state index contributed by atoms with van der Waals surface area (Å²) < 4.78 is 20.9. The lowest BCUT2D eigenvalue weighted by Crippen LogP contribution is -2.54. The molecule has 3 amide bonds. The number of ether oxygens (including phenoxy) is 1. The Balaban J connectivity index is 1.77. The molecule has 210 valence electrons. The molecule has 1 aromatic carbocycles. The number of methoxy groups -OCH3 is 1. The van der Waals surface area contributed by atoms with Crippen LogP contribution in [-0.4, -0.2) is 76.0 Å². The van der Waals surface area contributed by atoms with E-state index in [1.807, 2.05) is 13.8 Å². The van der Waals surface area contributed by atoms with E-state index in [0.717, 1.165) is 0 Å². The molecule has 7 N–H and O–H groups in total. The van der Waals surface area contributed by atoms with Gasteiger partial charge in [0.05, 0.1) is 25.9 Å². The van der Waals surface area contributed by atoms with Crippen molar-refractivity contribution in [2.75, 3.05) is 20.3 Å². The number of aliphatic hydroxyl groups excluding tert-OH is 1. The first kappa shape index (κ1) is 29.6. The van der Waals surface area contributed by atoms with Crippen molar-refractivity contribution in [1.82, 2.24) is 20.9 Å². The maximum absolute atomic E-state index is 13.3. The molecule has 2 aromatic rings. The molecule has 1 fully saturated rings. The molecule has 0 saturated carbocycles. The third-order valence-electron chi connectivity index (χ3n) is 6.32. The van der Waals surface area contributed by atoms with Gasteiger partial charge in [-0.15, -0.1) is 0 Å². The molecule has 0 radical (unpaired) electrons. The number of fused-ring (bicyclic) bond motifs is 1. The number of benzene rings is 1. The Hall–Kier alpha value is -2.96. The van der Waals surface area contributed by atoms with Crippen LogP contribution in [0.2, 0.25) is 0 Å². The van der Waals surface area contributed by atoms with Gasteiger partial charge in [-0.05, 0) is 43.4 Å². The number of carbonyl (C=O) groups is 3. The van der Waals surface area contributed by atoms with Gasteiger partial charge >= 0.3 is 7.82 Å². The van der Waals surface area contributed by atoms with Crippen LogP contribution in [0.4, 0.5) is 0 Å². The Morgan fingerprint density at radius 3 is 2.58 bits per heavy atom.